The maximum Gasteiger partial charge on any atom is 0.266 e. The van der Waals surface area contributed by atoms with Crippen LogP contribution in [-0.2, 0) is 16.1 Å². The molecule has 9 nitrogen and oxygen atoms in total. The number of nitrogens with one attached hydrogen (secondary N) is 2. The van der Waals surface area contributed by atoms with Crippen LogP contribution in [0.2, 0.25) is 0 Å². The van der Waals surface area contributed by atoms with Crippen LogP contribution in [0.25, 0.3) is 11.7 Å². The number of piperidine rings is 1. The van der Waals surface area contributed by atoms with Crippen LogP contribution in [0.5, 0.6) is 0 Å². The summed E-state index contributed by atoms with van der Waals surface area (Å²) < 4.78 is 11.1. The van der Waals surface area contributed by atoms with E-state index in [4.69, 9.17) is 8.83 Å². The number of nitrogens with zero attached hydrogens (tertiary/aromatic N) is 3. The van der Waals surface area contributed by atoms with Crippen LogP contribution in [0.3, 0.4) is 0 Å². The lowest BCUT2D eigenvalue weighted by molar-refractivity contribution is -0.125. The molecule has 0 bridgehead atoms. The van der Waals surface area contributed by atoms with Crippen molar-refractivity contribution in [2.75, 3.05) is 23.3 Å². The molecule has 3 aromatic rings. The molecular weight excluding hydrogens is 446 g/mol. The summed E-state index contributed by atoms with van der Waals surface area (Å²) in [5.41, 5.74) is 1.86. The van der Waals surface area contributed by atoms with Crippen LogP contribution in [0.15, 0.2) is 51.5 Å². The first kappa shape index (κ1) is 24.1. The SMILES string of the molecule is CC(C)CC(=O)Nc1cccc(CNC(=O)C2CCN(c3oc(-c4ccco4)nc3C#N)CC2)c1. The molecule has 0 atom stereocenters. The highest BCUT2D eigenvalue weighted by atomic mass is 16.4. The van der Waals surface area contributed by atoms with Gasteiger partial charge in [-0.05, 0) is 48.6 Å². The molecule has 0 spiro atoms. The molecule has 1 aliphatic rings. The van der Waals surface area contributed by atoms with Crippen LogP contribution in [-0.4, -0.2) is 29.9 Å². The van der Waals surface area contributed by atoms with E-state index < -0.39 is 0 Å². The maximum absolute atomic E-state index is 12.8. The molecule has 1 aromatic carbocycles. The summed E-state index contributed by atoms with van der Waals surface area (Å²) in [4.78, 5) is 31.0. The summed E-state index contributed by atoms with van der Waals surface area (Å²) >= 11 is 0. The van der Waals surface area contributed by atoms with Crippen molar-refractivity contribution in [2.45, 2.75) is 39.7 Å². The van der Waals surface area contributed by atoms with Crippen molar-refractivity contribution in [3.63, 3.8) is 0 Å². The normalized spacial score (nSPS) is 14.1. The van der Waals surface area contributed by atoms with Gasteiger partial charge in [-0.15, -0.1) is 0 Å². The van der Waals surface area contributed by atoms with Crippen molar-refractivity contribution in [1.29, 1.82) is 5.26 Å². The fourth-order valence-corrected chi connectivity index (χ4v) is 4.13. The topological polar surface area (TPSA) is 124 Å². The molecule has 0 saturated carbocycles. The van der Waals surface area contributed by atoms with Gasteiger partial charge in [-0.1, -0.05) is 26.0 Å². The van der Waals surface area contributed by atoms with Gasteiger partial charge in [0, 0.05) is 37.7 Å². The van der Waals surface area contributed by atoms with E-state index in [1.807, 2.05) is 43.0 Å². The zero-order chi connectivity index (χ0) is 24.8. The number of furan rings is 1. The molecule has 1 saturated heterocycles. The number of oxazole rings is 1. The number of aromatic nitrogens is 1. The number of carbonyl (C=O) groups excluding carboxylic acids is 2. The van der Waals surface area contributed by atoms with Gasteiger partial charge >= 0.3 is 0 Å². The van der Waals surface area contributed by atoms with Crippen LogP contribution in [0, 0.1) is 23.2 Å². The number of rotatable bonds is 8. The van der Waals surface area contributed by atoms with Gasteiger partial charge in [-0.2, -0.15) is 10.2 Å². The monoisotopic (exact) mass is 475 g/mol. The first-order valence-electron chi connectivity index (χ1n) is 11.8. The molecule has 3 heterocycles. The second kappa shape index (κ2) is 10.9. The first-order valence-corrected chi connectivity index (χ1v) is 11.8. The van der Waals surface area contributed by atoms with Gasteiger partial charge in [0.25, 0.3) is 5.89 Å². The fourth-order valence-electron chi connectivity index (χ4n) is 4.13. The predicted octanol–water partition coefficient (Wildman–Crippen LogP) is 4.32. The Balaban J connectivity index is 1.29. The smallest absolute Gasteiger partial charge is 0.266 e. The first-order chi connectivity index (χ1) is 16.9. The van der Waals surface area contributed by atoms with Gasteiger partial charge in [-0.25, -0.2) is 0 Å². The number of hydrogen-bond acceptors (Lipinski definition) is 7. The maximum atomic E-state index is 12.8. The van der Waals surface area contributed by atoms with Crippen LogP contribution >= 0.6 is 0 Å². The van der Waals surface area contributed by atoms with Gasteiger partial charge in [-0.3, -0.25) is 9.59 Å². The van der Waals surface area contributed by atoms with E-state index >= 15 is 0 Å². The Hall–Kier alpha value is -4.06. The highest BCUT2D eigenvalue weighted by Gasteiger charge is 2.29. The molecule has 182 valence electrons. The van der Waals surface area contributed by atoms with Crippen molar-refractivity contribution in [3.8, 4) is 17.7 Å². The van der Waals surface area contributed by atoms with Crippen LogP contribution < -0.4 is 15.5 Å². The minimum atomic E-state index is -0.127. The van der Waals surface area contributed by atoms with Gasteiger partial charge in [0.05, 0.1) is 6.26 Å². The van der Waals surface area contributed by atoms with Gasteiger partial charge in [0.1, 0.15) is 6.07 Å². The van der Waals surface area contributed by atoms with E-state index in [1.54, 1.807) is 12.1 Å². The van der Waals surface area contributed by atoms with Gasteiger partial charge in [0.2, 0.25) is 23.4 Å². The molecule has 9 heteroatoms. The van der Waals surface area contributed by atoms with Crippen LogP contribution in [0.4, 0.5) is 11.6 Å². The molecule has 0 radical (unpaired) electrons. The minimum Gasteiger partial charge on any atom is -0.459 e. The quantitative estimate of drug-likeness (QED) is 0.497. The number of nitriles is 1. The lowest BCUT2D eigenvalue weighted by atomic mass is 9.96. The predicted molar refractivity (Wildman–Crippen MR) is 130 cm³/mol. The molecule has 1 aliphatic heterocycles. The number of amides is 2. The van der Waals surface area contributed by atoms with E-state index in [-0.39, 0.29) is 35.2 Å². The largest absolute Gasteiger partial charge is 0.459 e. The van der Waals surface area contributed by atoms with E-state index in [0.717, 1.165) is 11.3 Å². The fraction of sp³-hybridized carbons (Fsp3) is 0.385. The number of anilines is 2. The van der Waals surface area contributed by atoms with Gasteiger partial charge < -0.3 is 24.4 Å². The summed E-state index contributed by atoms with van der Waals surface area (Å²) in [7, 11) is 0. The third-order valence-electron chi connectivity index (χ3n) is 5.87. The van der Waals surface area contributed by atoms with Crippen molar-refractivity contribution in [2.24, 2.45) is 11.8 Å². The Labute approximate surface area is 204 Å². The Morgan fingerprint density at radius 2 is 2.03 bits per heavy atom. The minimum absolute atomic E-state index is 0.00625. The molecule has 4 rings (SSSR count). The van der Waals surface area contributed by atoms with E-state index in [1.165, 1.54) is 6.26 Å². The van der Waals surface area contributed by atoms with Crippen LogP contribution in [0.1, 0.15) is 44.4 Å². The lowest BCUT2D eigenvalue weighted by Gasteiger charge is -2.31. The second-order valence-electron chi connectivity index (χ2n) is 9.09. The van der Waals surface area contributed by atoms with Crippen molar-refractivity contribution in [3.05, 3.63) is 53.9 Å². The third kappa shape index (κ3) is 6.09. The molecule has 35 heavy (non-hydrogen) atoms. The molecule has 0 aliphatic carbocycles. The zero-order valence-electron chi connectivity index (χ0n) is 19.9. The second-order valence-corrected chi connectivity index (χ2v) is 9.09. The molecule has 1 fully saturated rings. The van der Waals surface area contributed by atoms with E-state index in [9.17, 15) is 14.9 Å². The molecule has 2 amide bonds. The number of benzene rings is 1. The summed E-state index contributed by atoms with van der Waals surface area (Å²) in [5.74, 6) is 1.28. The summed E-state index contributed by atoms with van der Waals surface area (Å²) in [6.07, 6.45) is 3.26. The lowest BCUT2D eigenvalue weighted by Crippen LogP contribution is -2.40. The van der Waals surface area contributed by atoms with Crippen molar-refractivity contribution in [1.82, 2.24) is 10.3 Å². The van der Waals surface area contributed by atoms with Crippen molar-refractivity contribution < 1.29 is 18.4 Å². The molecule has 2 aromatic heterocycles. The molecule has 2 N–H and O–H groups in total. The zero-order valence-corrected chi connectivity index (χ0v) is 19.9. The molecule has 0 unspecified atom stereocenters. The summed E-state index contributed by atoms with van der Waals surface area (Å²) in [6, 6.07) is 13.0. The molecular formula is C26H29N5O4. The Morgan fingerprint density at radius 3 is 2.71 bits per heavy atom. The highest BCUT2D eigenvalue weighted by Crippen LogP contribution is 2.31. The summed E-state index contributed by atoms with van der Waals surface area (Å²) in [5, 5.41) is 15.4. The Morgan fingerprint density at radius 1 is 1.23 bits per heavy atom. The highest BCUT2D eigenvalue weighted by molar-refractivity contribution is 5.90. The van der Waals surface area contributed by atoms with Gasteiger partial charge in [0.15, 0.2) is 5.76 Å². The number of carbonyl (C=O) groups is 2. The van der Waals surface area contributed by atoms with E-state index in [2.05, 4.69) is 21.7 Å². The van der Waals surface area contributed by atoms with E-state index in [0.29, 0.717) is 50.5 Å². The standard InChI is InChI=1S/C26H29N5O4/c1-17(2)13-23(32)29-20-6-3-5-18(14-20)16-28-24(33)19-8-10-31(11-9-19)26-21(15-27)30-25(35-26)22-7-4-12-34-22/h3-7,12,14,17,19H,8-11,13,16H2,1-2H3,(H,28,33)(H,29,32). The Bertz CT molecular complexity index is 1200. The summed E-state index contributed by atoms with van der Waals surface area (Å²) in [6.45, 7) is 5.55. The van der Waals surface area contributed by atoms with Crippen molar-refractivity contribution >= 4 is 23.4 Å². The number of hydrogen-bond donors (Lipinski definition) is 2. The average molecular weight is 476 g/mol. The average Bonchev–Trinajstić information content (AvgIpc) is 3.52. The Kier molecular flexibility index (Phi) is 7.51. The third-order valence-corrected chi connectivity index (χ3v) is 5.87.